The summed E-state index contributed by atoms with van der Waals surface area (Å²) in [5.74, 6) is 0. The van der Waals surface area contributed by atoms with Gasteiger partial charge in [-0.15, -0.1) is 0 Å². The Morgan fingerprint density at radius 2 is 1.71 bits per heavy atom. The molecular weight excluding hydrogens is 175 g/mol. The summed E-state index contributed by atoms with van der Waals surface area (Å²) in [7, 11) is 0. The normalized spacial score (nSPS) is 10.6. The molecule has 14 heavy (non-hydrogen) atoms. The number of aryl methyl sites for hydroxylation is 1. The van der Waals surface area contributed by atoms with Gasteiger partial charge in [0.25, 0.3) is 0 Å². The SMILES string of the molecule is FCCCc1cccc2ccccc12. The van der Waals surface area contributed by atoms with Crippen LogP contribution < -0.4 is 0 Å². The van der Waals surface area contributed by atoms with Crippen molar-refractivity contribution in [3.8, 4) is 0 Å². The number of benzene rings is 2. The quantitative estimate of drug-likeness (QED) is 0.688. The first-order valence-corrected chi connectivity index (χ1v) is 4.94. The number of fused-ring (bicyclic) bond motifs is 1. The third-order valence-electron chi connectivity index (χ3n) is 2.46. The van der Waals surface area contributed by atoms with Gasteiger partial charge in [0.1, 0.15) is 0 Å². The average Bonchev–Trinajstić information content (AvgIpc) is 2.26. The predicted molar refractivity (Wildman–Crippen MR) is 58.2 cm³/mol. The van der Waals surface area contributed by atoms with E-state index >= 15 is 0 Å². The number of hydrogen-bond acceptors (Lipinski definition) is 0. The highest BCUT2D eigenvalue weighted by atomic mass is 19.1. The summed E-state index contributed by atoms with van der Waals surface area (Å²) >= 11 is 0. The summed E-state index contributed by atoms with van der Waals surface area (Å²) in [6.07, 6.45) is 1.45. The minimum absolute atomic E-state index is 0.233. The fourth-order valence-electron chi connectivity index (χ4n) is 1.77. The van der Waals surface area contributed by atoms with Gasteiger partial charge in [-0.3, -0.25) is 4.39 Å². The molecule has 0 saturated heterocycles. The molecule has 0 aliphatic rings. The largest absolute Gasteiger partial charge is 0.251 e. The molecule has 0 unspecified atom stereocenters. The molecule has 0 saturated carbocycles. The zero-order chi connectivity index (χ0) is 9.80. The van der Waals surface area contributed by atoms with Gasteiger partial charge in [0.15, 0.2) is 0 Å². The van der Waals surface area contributed by atoms with E-state index < -0.39 is 0 Å². The lowest BCUT2D eigenvalue weighted by molar-refractivity contribution is 0.473. The highest BCUT2D eigenvalue weighted by Gasteiger charge is 1.98. The van der Waals surface area contributed by atoms with Crippen LogP contribution >= 0.6 is 0 Å². The van der Waals surface area contributed by atoms with Gasteiger partial charge in [-0.25, -0.2) is 0 Å². The highest BCUT2D eigenvalue weighted by molar-refractivity contribution is 5.85. The summed E-state index contributed by atoms with van der Waals surface area (Å²) < 4.78 is 12.1. The summed E-state index contributed by atoms with van der Waals surface area (Å²) in [4.78, 5) is 0. The fraction of sp³-hybridized carbons (Fsp3) is 0.231. The van der Waals surface area contributed by atoms with Crippen molar-refractivity contribution >= 4 is 10.8 Å². The van der Waals surface area contributed by atoms with Crippen molar-refractivity contribution in [1.82, 2.24) is 0 Å². The van der Waals surface area contributed by atoms with Crippen molar-refractivity contribution < 1.29 is 4.39 Å². The van der Waals surface area contributed by atoms with Crippen LogP contribution in [-0.2, 0) is 6.42 Å². The van der Waals surface area contributed by atoms with Crippen molar-refractivity contribution in [2.24, 2.45) is 0 Å². The Hall–Kier alpha value is -1.37. The molecule has 0 radical (unpaired) electrons. The molecule has 0 bridgehead atoms. The van der Waals surface area contributed by atoms with Gasteiger partial charge in [-0.1, -0.05) is 42.5 Å². The van der Waals surface area contributed by atoms with E-state index in [9.17, 15) is 4.39 Å². The molecule has 0 spiro atoms. The maximum absolute atomic E-state index is 12.1. The Morgan fingerprint density at radius 3 is 2.57 bits per heavy atom. The van der Waals surface area contributed by atoms with Crippen LogP contribution in [-0.4, -0.2) is 6.67 Å². The Kier molecular flexibility index (Phi) is 2.78. The number of rotatable bonds is 3. The molecule has 0 aliphatic heterocycles. The van der Waals surface area contributed by atoms with E-state index in [4.69, 9.17) is 0 Å². The van der Waals surface area contributed by atoms with Crippen LogP contribution in [0.4, 0.5) is 4.39 Å². The first kappa shape index (κ1) is 9.20. The maximum Gasteiger partial charge on any atom is 0.0897 e. The Bertz CT molecular complexity index is 415. The van der Waals surface area contributed by atoms with Crippen LogP contribution in [0.3, 0.4) is 0 Å². The fourth-order valence-corrected chi connectivity index (χ4v) is 1.77. The molecule has 2 aromatic carbocycles. The molecule has 0 fully saturated rings. The van der Waals surface area contributed by atoms with Crippen LogP contribution in [0, 0.1) is 0 Å². The second-order valence-electron chi connectivity index (χ2n) is 3.43. The van der Waals surface area contributed by atoms with Gasteiger partial charge in [0, 0.05) is 0 Å². The molecule has 1 heteroatoms. The molecule has 0 amide bonds. The predicted octanol–water partition coefficient (Wildman–Crippen LogP) is 3.74. The van der Waals surface area contributed by atoms with E-state index in [1.807, 2.05) is 18.2 Å². The van der Waals surface area contributed by atoms with Gasteiger partial charge < -0.3 is 0 Å². The van der Waals surface area contributed by atoms with Crippen molar-refractivity contribution in [3.63, 3.8) is 0 Å². The van der Waals surface area contributed by atoms with E-state index in [1.165, 1.54) is 16.3 Å². The highest BCUT2D eigenvalue weighted by Crippen LogP contribution is 2.19. The van der Waals surface area contributed by atoms with Crippen molar-refractivity contribution in [3.05, 3.63) is 48.0 Å². The summed E-state index contributed by atoms with van der Waals surface area (Å²) in [6.45, 7) is -0.233. The van der Waals surface area contributed by atoms with Gasteiger partial charge in [0.05, 0.1) is 6.67 Å². The second-order valence-corrected chi connectivity index (χ2v) is 3.43. The number of halogens is 1. The third-order valence-corrected chi connectivity index (χ3v) is 2.46. The first-order valence-electron chi connectivity index (χ1n) is 4.94. The van der Waals surface area contributed by atoms with Gasteiger partial charge in [0.2, 0.25) is 0 Å². The van der Waals surface area contributed by atoms with Crippen LogP contribution in [0.1, 0.15) is 12.0 Å². The van der Waals surface area contributed by atoms with Crippen LogP contribution in [0.15, 0.2) is 42.5 Å². The molecule has 0 N–H and O–H groups in total. The average molecular weight is 188 g/mol. The lowest BCUT2D eigenvalue weighted by Crippen LogP contribution is -1.88. The zero-order valence-corrected chi connectivity index (χ0v) is 8.04. The topological polar surface area (TPSA) is 0 Å². The molecule has 2 rings (SSSR count). The van der Waals surface area contributed by atoms with E-state index in [-0.39, 0.29) is 6.67 Å². The lowest BCUT2D eigenvalue weighted by Gasteiger charge is -2.04. The van der Waals surface area contributed by atoms with Gasteiger partial charge >= 0.3 is 0 Å². The Morgan fingerprint density at radius 1 is 0.929 bits per heavy atom. The molecular formula is C13H13F. The first-order chi connectivity index (χ1) is 6.92. The van der Waals surface area contributed by atoms with E-state index in [0.29, 0.717) is 6.42 Å². The second kappa shape index (κ2) is 4.23. The Labute approximate surface area is 83.4 Å². The van der Waals surface area contributed by atoms with Crippen molar-refractivity contribution in [2.45, 2.75) is 12.8 Å². The summed E-state index contributed by atoms with van der Waals surface area (Å²) in [5.41, 5.74) is 1.25. The van der Waals surface area contributed by atoms with Crippen LogP contribution in [0.25, 0.3) is 10.8 Å². The molecule has 0 aromatic heterocycles. The standard InChI is InChI=1S/C13H13F/c14-10-4-8-12-7-3-6-11-5-1-2-9-13(11)12/h1-3,5-7,9H,4,8,10H2. The molecule has 0 heterocycles. The van der Waals surface area contributed by atoms with Crippen LogP contribution in [0.5, 0.6) is 0 Å². The monoisotopic (exact) mass is 188 g/mol. The summed E-state index contributed by atoms with van der Waals surface area (Å²) in [6, 6.07) is 14.5. The molecule has 2 aromatic rings. The number of alkyl halides is 1. The maximum atomic E-state index is 12.1. The zero-order valence-electron chi connectivity index (χ0n) is 8.04. The molecule has 0 aliphatic carbocycles. The van der Waals surface area contributed by atoms with E-state index in [2.05, 4.69) is 24.3 Å². The van der Waals surface area contributed by atoms with Gasteiger partial charge in [-0.2, -0.15) is 0 Å². The minimum atomic E-state index is -0.233. The molecule has 0 atom stereocenters. The van der Waals surface area contributed by atoms with E-state index in [0.717, 1.165) is 6.42 Å². The lowest BCUT2D eigenvalue weighted by atomic mass is 10.0. The molecule has 72 valence electrons. The van der Waals surface area contributed by atoms with Crippen molar-refractivity contribution in [2.75, 3.05) is 6.67 Å². The minimum Gasteiger partial charge on any atom is -0.251 e. The van der Waals surface area contributed by atoms with Crippen molar-refractivity contribution in [1.29, 1.82) is 0 Å². The van der Waals surface area contributed by atoms with Gasteiger partial charge in [-0.05, 0) is 29.2 Å². The third kappa shape index (κ3) is 1.77. The Balaban J connectivity index is 2.43. The van der Waals surface area contributed by atoms with Crippen LogP contribution in [0.2, 0.25) is 0 Å². The van der Waals surface area contributed by atoms with E-state index in [1.54, 1.807) is 0 Å². The molecule has 0 nitrogen and oxygen atoms in total. The summed E-state index contributed by atoms with van der Waals surface area (Å²) in [5, 5.41) is 2.49. The smallest absolute Gasteiger partial charge is 0.0897 e. The number of hydrogen-bond donors (Lipinski definition) is 0.